The molecule has 0 amide bonds. The lowest BCUT2D eigenvalue weighted by Crippen LogP contribution is -2.27. The molecule has 110 valence electrons. The zero-order chi connectivity index (χ0) is 14.9. The highest BCUT2D eigenvalue weighted by Crippen LogP contribution is 2.43. The standard InChI is InChI=1S/C12H17N3O3S2/c1-5-6(2)20-8(4-19-5)11-14-10(13)7(3-9(16)17)12(18)15-11/h5-6,8H,3-4H2,1-2H3,(H,16,17)(H3,13,14,15,18). The molecule has 0 aromatic carbocycles. The first-order valence-corrected chi connectivity index (χ1v) is 8.25. The van der Waals surface area contributed by atoms with Gasteiger partial charge in [0.15, 0.2) is 0 Å². The van der Waals surface area contributed by atoms with E-state index in [-0.39, 0.29) is 16.6 Å². The molecule has 2 heterocycles. The second-order valence-corrected chi connectivity index (χ2v) is 7.75. The zero-order valence-electron chi connectivity index (χ0n) is 11.3. The summed E-state index contributed by atoms with van der Waals surface area (Å²) in [6, 6.07) is 0. The molecule has 0 bridgehead atoms. The van der Waals surface area contributed by atoms with E-state index < -0.39 is 17.9 Å². The number of carbonyl (C=O) groups is 1. The maximum atomic E-state index is 11.9. The normalized spacial score (nSPS) is 26.4. The van der Waals surface area contributed by atoms with Gasteiger partial charge in [0.05, 0.1) is 17.2 Å². The molecule has 0 saturated carbocycles. The Kier molecular flexibility index (Phi) is 4.64. The van der Waals surface area contributed by atoms with E-state index >= 15 is 0 Å². The van der Waals surface area contributed by atoms with Crippen molar-refractivity contribution < 1.29 is 9.90 Å². The van der Waals surface area contributed by atoms with Crippen LogP contribution in [0.5, 0.6) is 0 Å². The van der Waals surface area contributed by atoms with Crippen LogP contribution in [-0.2, 0) is 11.2 Å². The van der Waals surface area contributed by atoms with Crippen molar-refractivity contribution in [3.8, 4) is 0 Å². The third-order valence-corrected chi connectivity index (χ3v) is 6.65. The van der Waals surface area contributed by atoms with Crippen molar-refractivity contribution in [3.63, 3.8) is 0 Å². The number of aromatic nitrogens is 2. The zero-order valence-corrected chi connectivity index (χ0v) is 12.9. The first kappa shape index (κ1) is 15.2. The highest BCUT2D eigenvalue weighted by molar-refractivity contribution is 8.07. The number of rotatable bonds is 3. The number of aromatic amines is 1. The number of aliphatic carboxylic acids is 1. The van der Waals surface area contributed by atoms with E-state index in [1.165, 1.54) is 0 Å². The number of nitrogens with zero attached hydrogens (tertiary/aromatic N) is 1. The third kappa shape index (κ3) is 3.29. The van der Waals surface area contributed by atoms with Gasteiger partial charge in [0.2, 0.25) is 0 Å². The van der Waals surface area contributed by atoms with Gasteiger partial charge in [0.1, 0.15) is 11.6 Å². The average molecular weight is 315 g/mol. The number of nitrogens with one attached hydrogen (secondary N) is 1. The van der Waals surface area contributed by atoms with Crippen molar-refractivity contribution in [3.05, 3.63) is 21.7 Å². The summed E-state index contributed by atoms with van der Waals surface area (Å²) in [5.41, 5.74) is 5.30. The third-order valence-electron chi connectivity index (χ3n) is 3.25. The van der Waals surface area contributed by atoms with Gasteiger partial charge in [-0.25, -0.2) is 4.98 Å². The van der Waals surface area contributed by atoms with E-state index in [9.17, 15) is 9.59 Å². The van der Waals surface area contributed by atoms with E-state index in [1.54, 1.807) is 11.8 Å². The van der Waals surface area contributed by atoms with Gasteiger partial charge in [-0.05, 0) is 0 Å². The molecule has 6 nitrogen and oxygen atoms in total. The summed E-state index contributed by atoms with van der Waals surface area (Å²) < 4.78 is 0. The molecule has 1 fully saturated rings. The summed E-state index contributed by atoms with van der Waals surface area (Å²) in [5.74, 6) is 0.319. The fourth-order valence-corrected chi connectivity index (χ4v) is 4.80. The maximum Gasteiger partial charge on any atom is 0.308 e. The first-order chi connectivity index (χ1) is 9.38. The number of thioether (sulfide) groups is 2. The Labute approximate surface area is 124 Å². The van der Waals surface area contributed by atoms with Gasteiger partial charge in [0, 0.05) is 16.3 Å². The largest absolute Gasteiger partial charge is 0.481 e. The lowest BCUT2D eigenvalue weighted by Gasteiger charge is -2.30. The van der Waals surface area contributed by atoms with E-state index in [0.717, 1.165) is 5.75 Å². The SMILES string of the molecule is CC1SCC(c2nc(N)c(CC(=O)O)c(=O)[nH]2)SC1C. The number of anilines is 1. The molecule has 1 saturated heterocycles. The van der Waals surface area contributed by atoms with Crippen molar-refractivity contribution >= 4 is 35.3 Å². The molecular formula is C12H17N3O3S2. The second kappa shape index (κ2) is 6.09. The Morgan fingerprint density at radius 2 is 2.20 bits per heavy atom. The Hall–Kier alpha value is -1.15. The summed E-state index contributed by atoms with van der Waals surface area (Å²) in [5, 5.41) is 9.86. The molecule has 2 rings (SSSR count). The molecule has 3 atom stereocenters. The molecule has 1 aromatic heterocycles. The van der Waals surface area contributed by atoms with E-state index in [0.29, 0.717) is 16.3 Å². The van der Waals surface area contributed by atoms with Crippen molar-refractivity contribution in [2.45, 2.75) is 36.0 Å². The minimum absolute atomic E-state index is 0.0167. The van der Waals surface area contributed by atoms with Crippen LogP contribution in [0.25, 0.3) is 0 Å². The van der Waals surface area contributed by atoms with Gasteiger partial charge < -0.3 is 15.8 Å². The van der Waals surface area contributed by atoms with Crippen LogP contribution in [0, 0.1) is 0 Å². The fourth-order valence-electron chi connectivity index (χ4n) is 1.93. The van der Waals surface area contributed by atoms with Crippen LogP contribution in [-0.4, -0.2) is 37.3 Å². The number of H-pyrrole nitrogens is 1. The number of nitrogens with two attached hydrogens (primary N) is 1. The number of carboxylic acids is 1. The van der Waals surface area contributed by atoms with Crippen LogP contribution in [0.15, 0.2) is 4.79 Å². The van der Waals surface area contributed by atoms with Gasteiger partial charge in [-0.15, -0.1) is 11.8 Å². The van der Waals surface area contributed by atoms with Crippen LogP contribution >= 0.6 is 23.5 Å². The topological polar surface area (TPSA) is 109 Å². The summed E-state index contributed by atoms with van der Waals surface area (Å²) in [6.45, 7) is 4.33. The molecule has 0 radical (unpaired) electrons. The monoisotopic (exact) mass is 315 g/mol. The van der Waals surface area contributed by atoms with Crippen LogP contribution < -0.4 is 11.3 Å². The van der Waals surface area contributed by atoms with Crippen molar-refractivity contribution in [2.24, 2.45) is 0 Å². The predicted octanol–water partition coefficient (Wildman–Crippen LogP) is 1.28. The van der Waals surface area contributed by atoms with E-state index in [2.05, 4.69) is 23.8 Å². The molecule has 20 heavy (non-hydrogen) atoms. The molecule has 0 spiro atoms. The second-order valence-electron chi connectivity index (χ2n) is 4.75. The number of hydrogen-bond acceptors (Lipinski definition) is 6. The predicted molar refractivity (Wildman–Crippen MR) is 82.3 cm³/mol. The average Bonchev–Trinajstić information content (AvgIpc) is 2.36. The van der Waals surface area contributed by atoms with Crippen molar-refractivity contribution in [2.75, 3.05) is 11.5 Å². The van der Waals surface area contributed by atoms with E-state index in [4.69, 9.17) is 10.8 Å². The summed E-state index contributed by atoms with van der Waals surface area (Å²) in [4.78, 5) is 29.5. The van der Waals surface area contributed by atoms with E-state index in [1.807, 2.05) is 11.8 Å². The Morgan fingerprint density at radius 3 is 2.75 bits per heavy atom. The van der Waals surface area contributed by atoms with Crippen molar-refractivity contribution in [1.29, 1.82) is 0 Å². The first-order valence-electron chi connectivity index (χ1n) is 6.26. The molecule has 4 N–H and O–H groups in total. The van der Waals surface area contributed by atoms with Gasteiger partial charge in [-0.1, -0.05) is 13.8 Å². The summed E-state index contributed by atoms with van der Waals surface area (Å²) >= 11 is 3.60. The molecule has 1 aliphatic heterocycles. The highest BCUT2D eigenvalue weighted by Gasteiger charge is 2.29. The smallest absolute Gasteiger partial charge is 0.308 e. The van der Waals surface area contributed by atoms with Crippen LogP contribution in [0.1, 0.15) is 30.5 Å². The summed E-state index contributed by atoms with van der Waals surface area (Å²) in [7, 11) is 0. The molecule has 8 heteroatoms. The highest BCUT2D eigenvalue weighted by atomic mass is 32.2. The summed E-state index contributed by atoms with van der Waals surface area (Å²) in [6.07, 6.45) is -0.408. The van der Waals surface area contributed by atoms with Gasteiger partial charge in [-0.2, -0.15) is 11.8 Å². The minimum atomic E-state index is -1.10. The minimum Gasteiger partial charge on any atom is -0.481 e. The number of carboxylic acid groups (broad SMARTS) is 1. The van der Waals surface area contributed by atoms with Crippen LogP contribution in [0.3, 0.4) is 0 Å². The molecule has 1 aromatic rings. The molecule has 0 aliphatic carbocycles. The Bertz CT molecular complexity index is 576. The fraction of sp³-hybridized carbons (Fsp3) is 0.583. The molecular weight excluding hydrogens is 298 g/mol. The van der Waals surface area contributed by atoms with Crippen LogP contribution in [0.2, 0.25) is 0 Å². The van der Waals surface area contributed by atoms with Gasteiger partial charge in [0.25, 0.3) is 5.56 Å². The van der Waals surface area contributed by atoms with Gasteiger partial charge in [-0.3, -0.25) is 9.59 Å². The Morgan fingerprint density at radius 1 is 1.50 bits per heavy atom. The lowest BCUT2D eigenvalue weighted by atomic mass is 10.2. The molecule has 1 aliphatic rings. The van der Waals surface area contributed by atoms with Gasteiger partial charge >= 0.3 is 5.97 Å². The number of hydrogen-bond donors (Lipinski definition) is 3. The quantitative estimate of drug-likeness (QED) is 0.770. The maximum absolute atomic E-state index is 11.9. The van der Waals surface area contributed by atoms with Crippen LogP contribution in [0.4, 0.5) is 5.82 Å². The molecule has 3 unspecified atom stereocenters. The Balaban J connectivity index is 2.26. The lowest BCUT2D eigenvalue weighted by molar-refractivity contribution is -0.136. The number of nitrogen functional groups attached to an aromatic ring is 1. The van der Waals surface area contributed by atoms with Crippen molar-refractivity contribution in [1.82, 2.24) is 9.97 Å².